The normalized spacial score (nSPS) is 14.9. The van der Waals surface area contributed by atoms with Gasteiger partial charge in [-0.2, -0.15) is 11.8 Å². The van der Waals surface area contributed by atoms with Gasteiger partial charge in [-0.15, -0.1) is 0 Å². The number of thioether (sulfide) groups is 1. The molecule has 0 aliphatic carbocycles. The van der Waals surface area contributed by atoms with Crippen LogP contribution >= 0.6 is 27.7 Å². The molecule has 0 radical (unpaired) electrons. The van der Waals surface area contributed by atoms with E-state index >= 15 is 0 Å². The van der Waals surface area contributed by atoms with E-state index in [0.717, 1.165) is 17.1 Å². The van der Waals surface area contributed by atoms with E-state index in [1.807, 2.05) is 24.8 Å². The Morgan fingerprint density at radius 3 is 2.62 bits per heavy atom. The van der Waals surface area contributed by atoms with Crippen molar-refractivity contribution in [2.75, 3.05) is 29.3 Å². The molecular formula is C18H19BrN2O3S2. The number of nitrogens with one attached hydrogen (secondary N) is 1. The van der Waals surface area contributed by atoms with E-state index in [2.05, 4.69) is 20.7 Å². The number of hydrogen-bond donors (Lipinski definition) is 1. The molecule has 1 amide bonds. The van der Waals surface area contributed by atoms with Crippen molar-refractivity contribution in [1.29, 1.82) is 0 Å². The second kappa shape index (κ2) is 8.02. The van der Waals surface area contributed by atoms with Crippen LogP contribution in [0.5, 0.6) is 0 Å². The van der Waals surface area contributed by atoms with Gasteiger partial charge in [-0.1, -0.05) is 12.1 Å². The SMILES string of the molecule is Cc1ccc(Br)c(NS(=O)(=O)c2cccc(C(=O)N3CCSCC3)c2)c1. The van der Waals surface area contributed by atoms with Crippen molar-refractivity contribution in [3.05, 3.63) is 58.1 Å². The minimum Gasteiger partial charge on any atom is -0.337 e. The molecule has 3 rings (SSSR count). The summed E-state index contributed by atoms with van der Waals surface area (Å²) in [5, 5.41) is 0. The third kappa shape index (κ3) is 4.42. The predicted molar refractivity (Wildman–Crippen MR) is 109 cm³/mol. The van der Waals surface area contributed by atoms with E-state index in [-0.39, 0.29) is 10.8 Å². The Hall–Kier alpha value is -1.51. The van der Waals surface area contributed by atoms with Crippen molar-refractivity contribution in [1.82, 2.24) is 4.90 Å². The van der Waals surface area contributed by atoms with Crippen LogP contribution in [0.15, 0.2) is 51.8 Å². The van der Waals surface area contributed by atoms with Crippen molar-refractivity contribution in [2.24, 2.45) is 0 Å². The predicted octanol–water partition coefficient (Wildman–Crippen LogP) is 3.75. The first-order chi connectivity index (χ1) is 12.4. The maximum absolute atomic E-state index is 12.8. The fourth-order valence-electron chi connectivity index (χ4n) is 2.67. The molecule has 2 aromatic carbocycles. The number of anilines is 1. The second-order valence-electron chi connectivity index (χ2n) is 6.02. The zero-order valence-corrected chi connectivity index (χ0v) is 17.5. The fraction of sp³-hybridized carbons (Fsp3) is 0.278. The van der Waals surface area contributed by atoms with Gasteiger partial charge in [0.15, 0.2) is 0 Å². The summed E-state index contributed by atoms with van der Waals surface area (Å²) < 4.78 is 28.8. The van der Waals surface area contributed by atoms with Crippen molar-refractivity contribution in [3.8, 4) is 0 Å². The number of benzene rings is 2. The first-order valence-corrected chi connectivity index (χ1v) is 11.6. The van der Waals surface area contributed by atoms with Crippen molar-refractivity contribution in [3.63, 3.8) is 0 Å². The third-order valence-electron chi connectivity index (χ3n) is 4.06. The fourth-order valence-corrected chi connectivity index (χ4v) is 5.16. The smallest absolute Gasteiger partial charge is 0.261 e. The van der Waals surface area contributed by atoms with Crippen molar-refractivity contribution in [2.45, 2.75) is 11.8 Å². The number of sulfonamides is 1. The summed E-state index contributed by atoms with van der Waals surface area (Å²) in [5.41, 5.74) is 1.80. The van der Waals surface area contributed by atoms with Gasteiger partial charge in [-0.25, -0.2) is 8.42 Å². The number of halogens is 1. The number of amides is 1. The van der Waals surface area contributed by atoms with Gasteiger partial charge in [0.1, 0.15) is 0 Å². The number of carbonyl (C=O) groups is 1. The summed E-state index contributed by atoms with van der Waals surface area (Å²) >= 11 is 5.17. The van der Waals surface area contributed by atoms with Gasteiger partial charge >= 0.3 is 0 Å². The van der Waals surface area contributed by atoms with Gasteiger partial charge in [-0.05, 0) is 58.7 Å². The average Bonchev–Trinajstić information content (AvgIpc) is 2.65. The summed E-state index contributed by atoms with van der Waals surface area (Å²) in [4.78, 5) is 14.5. The Balaban J connectivity index is 1.86. The summed E-state index contributed by atoms with van der Waals surface area (Å²) in [7, 11) is -3.79. The van der Waals surface area contributed by atoms with Crippen LogP contribution in [0.4, 0.5) is 5.69 Å². The van der Waals surface area contributed by atoms with Crippen molar-refractivity contribution >= 4 is 49.3 Å². The maximum Gasteiger partial charge on any atom is 0.261 e. The highest BCUT2D eigenvalue weighted by atomic mass is 79.9. The van der Waals surface area contributed by atoms with Gasteiger partial charge in [0.25, 0.3) is 15.9 Å². The molecule has 0 saturated carbocycles. The Kier molecular flexibility index (Phi) is 5.94. The number of nitrogens with zero attached hydrogens (tertiary/aromatic N) is 1. The molecule has 0 atom stereocenters. The van der Waals surface area contributed by atoms with Crippen LogP contribution in [0.3, 0.4) is 0 Å². The van der Waals surface area contributed by atoms with Crippen LogP contribution < -0.4 is 4.72 Å². The molecular weight excluding hydrogens is 436 g/mol. The molecule has 8 heteroatoms. The molecule has 26 heavy (non-hydrogen) atoms. The van der Waals surface area contributed by atoms with E-state index in [1.54, 1.807) is 29.2 Å². The zero-order valence-electron chi connectivity index (χ0n) is 14.2. The molecule has 1 aliphatic heterocycles. The minimum atomic E-state index is -3.79. The Labute approximate surface area is 166 Å². The van der Waals surface area contributed by atoms with Gasteiger partial charge in [0.2, 0.25) is 0 Å². The summed E-state index contributed by atoms with van der Waals surface area (Å²) in [6, 6.07) is 11.6. The molecule has 0 unspecified atom stereocenters. The maximum atomic E-state index is 12.8. The topological polar surface area (TPSA) is 66.5 Å². The molecule has 2 aromatic rings. The summed E-state index contributed by atoms with van der Waals surface area (Å²) in [6.07, 6.45) is 0. The van der Waals surface area contributed by atoms with Gasteiger partial charge in [-0.3, -0.25) is 9.52 Å². The molecule has 1 saturated heterocycles. The first kappa shape index (κ1) is 19.3. The van der Waals surface area contributed by atoms with E-state index in [9.17, 15) is 13.2 Å². The first-order valence-electron chi connectivity index (χ1n) is 8.13. The highest BCUT2D eigenvalue weighted by Gasteiger charge is 2.21. The van der Waals surface area contributed by atoms with Crippen LogP contribution in [-0.4, -0.2) is 43.8 Å². The van der Waals surface area contributed by atoms with Gasteiger partial charge in [0.05, 0.1) is 10.6 Å². The average molecular weight is 455 g/mol. The van der Waals surface area contributed by atoms with Crippen molar-refractivity contribution < 1.29 is 13.2 Å². The molecule has 1 fully saturated rings. The lowest BCUT2D eigenvalue weighted by Crippen LogP contribution is -2.37. The van der Waals surface area contributed by atoms with Crippen LogP contribution in [0.25, 0.3) is 0 Å². The van der Waals surface area contributed by atoms with E-state index in [0.29, 0.717) is 28.8 Å². The quantitative estimate of drug-likeness (QED) is 0.763. The lowest BCUT2D eigenvalue weighted by Gasteiger charge is -2.26. The number of rotatable bonds is 4. The molecule has 138 valence electrons. The number of aryl methyl sites for hydroxylation is 1. The highest BCUT2D eigenvalue weighted by Crippen LogP contribution is 2.26. The van der Waals surface area contributed by atoms with E-state index < -0.39 is 10.0 Å². The molecule has 0 bridgehead atoms. The Morgan fingerprint density at radius 1 is 1.15 bits per heavy atom. The number of carbonyl (C=O) groups excluding carboxylic acids is 1. The van der Waals surface area contributed by atoms with E-state index in [1.165, 1.54) is 12.1 Å². The zero-order chi connectivity index (χ0) is 18.7. The van der Waals surface area contributed by atoms with Crippen LogP contribution in [0.1, 0.15) is 15.9 Å². The van der Waals surface area contributed by atoms with Crippen LogP contribution in [-0.2, 0) is 10.0 Å². The highest BCUT2D eigenvalue weighted by molar-refractivity contribution is 9.10. The molecule has 0 aromatic heterocycles. The molecule has 5 nitrogen and oxygen atoms in total. The lowest BCUT2D eigenvalue weighted by atomic mass is 10.2. The van der Waals surface area contributed by atoms with Crippen LogP contribution in [0.2, 0.25) is 0 Å². The molecule has 0 spiro atoms. The van der Waals surface area contributed by atoms with Gasteiger partial charge < -0.3 is 4.90 Å². The lowest BCUT2D eigenvalue weighted by molar-refractivity contribution is 0.0772. The van der Waals surface area contributed by atoms with Gasteiger partial charge in [0, 0.05) is 34.6 Å². The second-order valence-corrected chi connectivity index (χ2v) is 9.78. The molecule has 1 N–H and O–H groups in total. The minimum absolute atomic E-state index is 0.0724. The largest absolute Gasteiger partial charge is 0.337 e. The van der Waals surface area contributed by atoms with Crippen LogP contribution in [0, 0.1) is 6.92 Å². The Morgan fingerprint density at radius 2 is 1.88 bits per heavy atom. The Bertz CT molecular complexity index is 926. The molecule has 1 aliphatic rings. The summed E-state index contributed by atoms with van der Waals surface area (Å²) in [5.74, 6) is 1.69. The third-order valence-corrected chi connectivity index (χ3v) is 7.05. The number of hydrogen-bond acceptors (Lipinski definition) is 4. The standard InChI is InChI=1S/C18H19BrN2O3S2/c1-13-5-6-16(19)17(11-13)20-26(23,24)15-4-2-3-14(12-15)18(22)21-7-9-25-10-8-21/h2-6,11-12,20H,7-10H2,1H3. The monoisotopic (exact) mass is 454 g/mol. The van der Waals surface area contributed by atoms with E-state index in [4.69, 9.17) is 0 Å². The molecule has 1 heterocycles. The summed E-state index contributed by atoms with van der Waals surface area (Å²) in [6.45, 7) is 3.27.